The SMILES string of the molecule is Cn1ccnc1CCNC(=O)c1ncccc1O. The molecule has 0 atom stereocenters. The molecule has 0 radical (unpaired) electrons. The lowest BCUT2D eigenvalue weighted by molar-refractivity contribution is 0.0946. The molecular formula is C12H14N4O2. The zero-order valence-electron chi connectivity index (χ0n) is 10.00. The summed E-state index contributed by atoms with van der Waals surface area (Å²) in [5, 5.41) is 12.2. The summed E-state index contributed by atoms with van der Waals surface area (Å²) in [5.41, 5.74) is 0.0392. The molecule has 0 spiro atoms. The van der Waals surface area contributed by atoms with Crippen LogP contribution in [0.25, 0.3) is 0 Å². The number of nitrogens with one attached hydrogen (secondary N) is 1. The van der Waals surface area contributed by atoms with Gasteiger partial charge in [-0.1, -0.05) is 0 Å². The number of nitrogens with zero attached hydrogens (tertiary/aromatic N) is 3. The van der Waals surface area contributed by atoms with E-state index in [2.05, 4.69) is 15.3 Å². The second kappa shape index (κ2) is 5.31. The Balaban J connectivity index is 1.90. The van der Waals surface area contributed by atoms with Crippen LogP contribution in [-0.2, 0) is 13.5 Å². The summed E-state index contributed by atoms with van der Waals surface area (Å²) in [5.74, 6) is 0.384. The first-order valence-corrected chi connectivity index (χ1v) is 5.57. The van der Waals surface area contributed by atoms with Crippen LogP contribution in [0.5, 0.6) is 5.75 Å². The van der Waals surface area contributed by atoms with Gasteiger partial charge in [-0.25, -0.2) is 9.97 Å². The number of aromatic nitrogens is 3. The summed E-state index contributed by atoms with van der Waals surface area (Å²) in [6.07, 6.45) is 5.65. The minimum atomic E-state index is -0.387. The van der Waals surface area contributed by atoms with E-state index in [4.69, 9.17) is 0 Å². The van der Waals surface area contributed by atoms with Crippen LogP contribution in [0.4, 0.5) is 0 Å². The Kier molecular flexibility index (Phi) is 3.57. The van der Waals surface area contributed by atoms with Crippen molar-refractivity contribution in [3.8, 4) is 5.75 Å². The molecule has 2 N–H and O–H groups in total. The van der Waals surface area contributed by atoms with Crippen molar-refractivity contribution in [2.24, 2.45) is 7.05 Å². The molecule has 1 amide bonds. The Morgan fingerprint density at radius 1 is 1.44 bits per heavy atom. The molecule has 2 rings (SSSR count). The molecule has 2 aromatic rings. The molecule has 2 aromatic heterocycles. The molecule has 0 saturated carbocycles. The zero-order chi connectivity index (χ0) is 13.0. The fourth-order valence-corrected chi connectivity index (χ4v) is 1.58. The molecule has 0 aliphatic rings. The number of carbonyl (C=O) groups excluding carboxylic acids is 1. The predicted octanol–water partition coefficient (Wildman–Crippen LogP) is 0.493. The van der Waals surface area contributed by atoms with Crippen molar-refractivity contribution in [3.63, 3.8) is 0 Å². The lowest BCUT2D eigenvalue weighted by Crippen LogP contribution is -2.27. The van der Waals surface area contributed by atoms with Crippen LogP contribution >= 0.6 is 0 Å². The van der Waals surface area contributed by atoms with Crippen molar-refractivity contribution >= 4 is 5.91 Å². The van der Waals surface area contributed by atoms with Gasteiger partial charge in [-0.3, -0.25) is 4.79 Å². The topological polar surface area (TPSA) is 80.0 Å². The summed E-state index contributed by atoms with van der Waals surface area (Å²) in [4.78, 5) is 19.7. The second-order valence-corrected chi connectivity index (χ2v) is 3.83. The van der Waals surface area contributed by atoms with E-state index in [1.807, 2.05) is 17.8 Å². The molecule has 0 fully saturated rings. The quantitative estimate of drug-likeness (QED) is 0.823. The minimum Gasteiger partial charge on any atom is -0.505 e. The lowest BCUT2D eigenvalue weighted by Gasteiger charge is -2.05. The van der Waals surface area contributed by atoms with Gasteiger partial charge in [0.25, 0.3) is 5.91 Å². The van der Waals surface area contributed by atoms with Crippen LogP contribution in [0.1, 0.15) is 16.3 Å². The maximum Gasteiger partial charge on any atom is 0.273 e. The first-order valence-electron chi connectivity index (χ1n) is 5.57. The summed E-state index contributed by atoms with van der Waals surface area (Å²) in [6, 6.07) is 3.00. The third-order valence-corrected chi connectivity index (χ3v) is 2.56. The number of hydrogen-bond donors (Lipinski definition) is 2. The standard InChI is InChI=1S/C12H14N4O2/c1-16-8-7-13-10(16)4-6-15-12(18)11-9(17)3-2-5-14-11/h2-3,5,7-8,17H,4,6H2,1H3,(H,15,18). The molecule has 0 unspecified atom stereocenters. The number of rotatable bonds is 4. The number of pyridine rings is 1. The number of aromatic hydroxyl groups is 1. The third kappa shape index (κ3) is 2.65. The van der Waals surface area contributed by atoms with E-state index in [-0.39, 0.29) is 17.4 Å². The molecule has 0 saturated heterocycles. The van der Waals surface area contributed by atoms with E-state index < -0.39 is 0 Å². The fourth-order valence-electron chi connectivity index (χ4n) is 1.58. The van der Waals surface area contributed by atoms with E-state index >= 15 is 0 Å². The first-order chi connectivity index (χ1) is 8.68. The van der Waals surface area contributed by atoms with Gasteiger partial charge in [0.15, 0.2) is 5.69 Å². The molecule has 18 heavy (non-hydrogen) atoms. The molecule has 94 valence electrons. The highest BCUT2D eigenvalue weighted by atomic mass is 16.3. The summed E-state index contributed by atoms with van der Waals surface area (Å²) >= 11 is 0. The van der Waals surface area contributed by atoms with E-state index in [1.54, 1.807) is 12.3 Å². The molecule has 6 nitrogen and oxygen atoms in total. The minimum absolute atomic E-state index is 0.0392. The average Bonchev–Trinajstić information content (AvgIpc) is 2.75. The van der Waals surface area contributed by atoms with Gasteiger partial charge >= 0.3 is 0 Å². The van der Waals surface area contributed by atoms with Gasteiger partial charge in [0.05, 0.1) is 0 Å². The van der Waals surface area contributed by atoms with Crippen molar-refractivity contribution in [2.75, 3.05) is 6.54 Å². The first kappa shape index (κ1) is 12.1. The number of hydrogen-bond acceptors (Lipinski definition) is 4. The fraction of sp³-hybridized carbons (Fsp3) is 0.250. The van der Waals surface area contributed by atoms with Crippen LogP contribution in [-0.4, -0.2) is 32.1 Å². The molecule has 0 aromatic carbocycles. The maximum absolute atomic E-state index is 11.7. The van der Waals surface area contributed by atoms with Crippen molar-refractivity contribution in [1.82, 2.24) is 19.9 Å². The van der Waals surface area contributed by atoms with Gasteiger partial charge in [-0.2, -0.15) is 0 Å². The zero-order valence-corrected chi connectivity index (χ0v) is 10.00. The van der Waals surface area contributed by atoms with E-state index in [1.165, 1.54) is 12.3 Å². The molecule has 2 heterocycles. The van der Waals surface area contributed by atoms with Gasteiger partial charge in [-0.05, 0) is 12.1 Å². The highest BCUT2D eigenvalue weighted by molar-refractivity contribution is 5.94. The Labute approximate surface area is 104 Å². The van der Waals surface area contributed by atoms with Crippen LogP contribution in [0.2, 0.25) is 0 Å². The van der Waals surface area contributed by atoms with E-state index in [0.29, 0.717) is 13.0 Å². The summed E-state index contributed by atoms with van der Waals surface area (Å²) in [6.45, 7) is 0.444. The third-order valence-electron chi connectivity index (χ3n) is 2.56. The lowest BCUT2D eigenvalue weighted by atomic mass is 10.3. The Hall–Kier alpha value is -2.37. The van der Waals surface area contributed by atoms with Crippen LogP contribution < -0.4 is 5.32 Å². The van der Waals surface area contributed by atoms with Crippen molar-refractivity contribution in [3.05, 3.63) is 42.2 Å². The van der Waals surface area contributed by atoms with Crippen molar-refractivity contribution in [2.45, 2.75) is 6.42 Å². The maximum atomic E-state index is 11.7. The number of aryl methyl sites for hydroxylation is 1. The van der Waals surface area contributed by atoms with Gasteiger partial charge in [0.2, 0.25) is 0 Å². The highest BCUT2D eigenvalue weighted by Crippen LogP contribution is 2.11. The average molecular weight is 246 g/mol. The summed E-state index contributed by atoms with van der Waals surface area (Å²) in [7, 11) is 1.90. The molecule has 6 heteroatoms. The normalized spacial score (nSPS) is 10.3. The molecular weight excluding hydrogens is 232 g/mol. The highest BCUT2D eigenvalue weighted by Gasteiger charge is 2.11. The monoisotopic (exact) mass is 246 g/mol. The smallest absolute Gasteiger partial charge is 0.273 e. The Bertz CT molecular complexity index is 551. The van der Waals surface area contributed by atoms with E-state index in [0.717, 1.165) is 5.82 Å². The Morgan fingerprint density at radius 2 is 2.28 bits per heavy atom. The summed E-state index contributed by atoms with van der Waals surface area (Å²) < 4.78 is 1.89. The number of amides is 1. The molecule has 0 aliphatic carbocycles. The van der Waals surface area contributed by atoms with Crippen LogP contribution in [0.3, 0.4) is 0 Å². The van der Waals surface area contributed by atoms with Crippen molar-refractivity contribution < 1.29 is 9.90 Å². The van der Waals surface area contributed by atoms with Gasteiger partial charge in [0.1, 0.15) is 11.6 Å². The van der Waals surface area contributed by atoms with Gasteiger partial charge < -0.3 is 15.0 Å². The van der Waals surface area contributed by atoms with Crippen molar-refractivity contribution in [1.29, 1.82) is 0 Å². The van der Waals surface area contributed by atoms with E-state index in [9.17, 15) is 9.90 Å². The predicted molar refractivity (Wildman–Crippen MR) is 65.1 cm³/mol. The van der Waals surface area contributed by atoms with Crippen LogP contribution in [0, 0.1) is 0 Å². The van der Waals surface area contributed by atoms with Crippen LogP contribution in [0.15, 0.2) is 30.7 Å². The largest absolute Gasteiger partial charge is 0.505 e. The molecule has 0 bridgehead atoms. The molecule has 0 aliphatic heterocycles. The van der Waals surface area contributed by atoms with Gasteiger partial charge in [0, 0.05) is 38.6 Å². The number of carbonyl (C=O) groups is 1. The number of imidazole rings is 1. The second-order valence-electron chi connectivity index (χ2n) is 3.83. The Morgan fingerprint density at radius 3 is 2.94 bits per heavy atom. The van der Waals surface area contributed by atoms with Gasteiger partial charge in [-0.15, -0.1) is 0 Å².